The van der Waals surface area contributed by atoms with Crippen molar-refractivity contribution in [3.05, 3.63) is 96.4 Å². The van der Waals surface area contributed by atoms with E-state index in [0.29, 0.717) is 17.5 Å². The number of benzene rings is 2. The maximum Gasteiger partial charge on any atom is 0.166 e. The Labute approximate surface area is 182 Å². The summed E-state index contributed by atoms with van der Waals surface area (Å²) in [4.78, 5) is 4.47. The lowest BCUT2D eigenvalue weighted by Gasteiger charge is -2.09. The predicted octanol–water partition coefficient (Wildman–Crippen LogP) is 6.99. The molecule has 1 unspecified atom stereocenters. The summed E-state index contributed by atoms with van der Waals surface area (Å²) >= 11 is 0. The molecule has 1 heterocycles. The van der Waals surface area contributed by atoms with Gasteiger partial charge in [0.2, 0.25) is 0 Å². The zero-order chi connectivity index (χ0) is 22.2. The van der Waals surface area contributed by atoms with E-state index < -0.39 is 11.6 Å². The molecule has 0 bridgehead atoms. The van der Waals surface area contributed by atoms with Crippen LogP contribution in [0.5, 0.6) is 0 Å². The fourth-order valence-electron chi connectivity index (χ4n) is 3.38. The van der Waals surface area contributed by atoms with E-state index in [-0.39, 0.29) is 11.7 Å². The molecule has 3 rings (SSSR count). The number of hydrogen-bond acceptors (Lipinski definition) is 2. The Morgan fingerprint density at radius 1 is 0.968 bits per heavy atom. The zero-order valence-corrected chi connectivity index (χ0v) is 17.7. The van der Waals surface area contributed by atoms with E-state index in [1.54, 1.807) is 43.5 Å². The third-order valence-corrected chi connectivity index (χ3v) is 5.12. The molecule has 0 aliphatic heterocycles. The normalized spacial score (nSPS) is 12.3. The molecule has 0 saturated carbocycles. The van der Waals surface area contributed by atoms with E-state index >= 15 is 0 Å². The van der Waals surface area contributed by atoms with Crippen LogP contribution >= 0.6 is 0 Å². The lowest BCUT2D eigenvalue weighted by Crippen LogP contribution is -1.97. The van der Waals surface area contributed by atoms with Crippen LogP contribution < -0.4 is 0 Å². The molecule has 1 N–H and O–H groups in total. The van der Waals surface area contributed by atoms with Crippen molar-refractivity contribution in [2.24, 2.45) is 0 Å². The molecule has 0 amide bonds. The maximum absolute atomic E-state index is 14.5. The SMILES string of the molecule is C=CCc1ccc(-c2ccc(-c3ccc(/C=C/CCCC(C)O)nc3)cc2)c(F)c1F. The highest BCUT2D eigenvalue weighted by atomic mass is 19.2. The van der Waals surface area contributed by atoms with Crippen LogP contribution in [0.2, 0.25) is 0 Å². The molecule has 0 aliphatic rings. The van der Waals surface area contributed by atoms with E-state index in [2.05, 4.69) is 17.6 Å². The van der Waals surface area contributed by atoms with Gasteiger partial charge in [0.1, 0.15) is 0 Å². The van der Waals surface area contributed by atoms with Crippen molar-refractivity contribution >= 4 is 6.08 Å². The number of aliphatic hydroxyl groups excluding tert-OH is 1. The summed E-state index contributed by atoms with van der Waals surface area (Å²) < 4.78 is 28.7. The number of allylic oxidation sites excluding steroid dienone is 2. The first-order valence-electron chi connectivity index (χ1n) is 10.5. The van der Waals surface area contributed by atoms with Crippen LogP contribution in [-0.2, 0) is 6.42 Å². The first-order chi connectivity index (χ1) is 15.0. The highest BCUT2D eigenvalue weighted by molar-refractivity contribution is 5.71. The molecule has 0 fully saturated rings. The van der Waals surface area contributed by atoms with Crippen molar-refractivity contribution in [1.82, 2.24) is 4.98 Å². The van der Waals surface area contributed by atoms with E-state index in [0.717, 1.165) is 36.1 Å². The Balaban J connectivity index is 1.70. The van der Waals surface area contributed by atoms with Crippen LogP contribution in [0.4, 0.5) is 8.78 Å². The molecule has 3 aromatic rings. The van der Waals surface area contributed by atoms with E-state index in [4.69, 9.17) is 0 Å². The third kappa shape index (κ3) is 5.96. The summed E-state index contributed by atoms with van der Waals surface area (Å²) in [6, 6.07) is 14.5. The van der Waals surface area contributed by atoms with Gasteiger partial charge < -0.3 is 5.11 Å². The minimum atomic E-state index is -0.835. The second kappa shape index (κ2) is 10.8. The number of aromatic nitrogens is 1. The zero-order valence-electron chi connectivity index (χ0n) is 17.7. The van der Waals surface area contributed by atoms with Crippen molar-refractivity contribution in [3.63, 3.8) is 0 Å². The molecular formula is C27H27F2NO. The fourth-order valence-corrected chi connectivity index (χ4v) is 3.38. The Hall–Kier alpha value is -3.11. The summed E-state index contributed by atoms with van der Waals surface area (Å²) in [6.45, 7) is 5.37. The summed E-state index contributed by atoms with van der Waals surface area (Å²) in [5.41, 5.74) is 3.94. The van der Waals surface area contributed by atoms with Gasteiger partial charge in [-0.2, -0.15) is 0 Å². The maximum atomic E-state index is 14.5. The molecule has 31 heavy (non-hydrogen) atoms. The Kier molecular flexibility index (Phi) is 7.85. The molecule has 2 nitrogen and oxygen atoms in total. The quantitative estimate of drug-likeness (QED) is 0.300. The van der Waals surface area contributed by atoms with Crippen LogP contribution in [-0.4, -0.2) is 16.2 Å². The molecule has 2 aromatic carbocycles. The molecule has 4 heteroatoms. The number of unbranched alkanes of at least 4 members (excludes halogenated alkanes) is 1. The van der Waals surface area contributed by atoms with Gasteiger partial charge in [0.05, 0.1) is 11.8 Å². The van der Waals surface area contributed by atoms with Gasteiger partial charge in [-0.3, -0.25) is 4.98 Å². The Morgan fingerprint density at radius 3 is 2.32 bits per heavy atom. The molecule has 0 radical (unpaired) electrons. The average molecular weight is 420 g/mol. The van der Waals surface area contributed by atoms with Gasteiger partial charge in [0.25, 0.3) is 0 Å². The molecule has 1 aromatic heterocycles. The minimum absolute atomic E-state index is 0.242. The first kappa shape index (κ1) is 22.6. The van der Waals surface area contributed by atoms with Crippen molar-refractivity contribution in [2.75, 3.05) is 0 Å². The van der Waals surface area contributed by atoms with E-state index in [1.807, 2.05) is 30.3 Å². The van der Waals surface area contributed by atoms with Gasteiger partial charge in [-0.1, -0.05) is 54.6 Å². The molecule has 0 spiro atoms. The van der Waals surface area contributed by atoms with Crippen LogP contribution in [0.15, 0.2) is 73.5 Å². The summed E-state index contributed by atoms with van der Waals surface area (Å²) in [5.74, 6) is -1.65. The number of aliphatic hydroxyl groups is 1. The number of halogens is 2. The number of pyridine rings is 1. The van der Waals surface area contributed by atoms with Crippen LogP contribution in [0, 0.1) is 11.6 Å². The van der Waals surface area contributed by atoms with Crippen LogP contribution in [0.25, 0.3) is 28.3 Å². The highest BCUT2D eigenvalue weighted by Gasteiger charge is 2.14. The number of rotatable bonds is 9. The van der Waals surface area contributed by atoms with Crippen molar-refractivity contribution in [1.29, 1.82) is 0 Å². The van der Waals surface area contributed by atoms with Crippen LogP contribution in [0.3, 0.4) is 0 Å². The monoisotopic (exact) mass is 419 g/mol. The number of hydrogen-bond donors (Lipinski definition) is 1. The smallest absolute Gasteiger partial charge is 0.166 e. The van der Waals surface area contributed by atoms with Crippen LogP contribution in [0.1, 0.15) is 37.4 Å². The van der Waals surface area contributed by atoms with Gasteiger partial charge in [-0.05, 0) is 61.4 Å². The lowest BCUT2D eigenvalue weighted by atomic mass is 9.98. The van der Waals surface area contributed by atoms with E-state index in [9.17, 15) is 13.9 Å². The second-order valence-electron chi connectivity index (χ2n) is 7.62. The molecule has 0 saturated heterocycles. The average Bonchev–Trinajstić information content (AvgIpc) is 2.77. The standard InChI is InChI=1S/C27H27F2NO/c1-3-7-22-15-17-25(27(29)26(22)28)21-12-10-20(11-13-21)23-14-16-24(30-18-23)9-6-4-5-8-19(2)31/h3,6,9-19,31H,1,4-5,7-8H2,2H3/b9-6+. The Morgan fingerprint density at radius 2 is 1.68 bits per heavy atom. The number of nitrogens with zero attached hydrogens (tertiary/aromatic N) is 1. The van der Waals surface area contributed by atoms with Crippen molar-refractivity contribution in [2.45, 2.75) is 38.7 Å². The molecule has 1 atom stereocenters. The van der Waals surface area contributed by atoms with Gasteiger partial charge in [-0.25, -0.2) is 8.78 Å². The van der Waals surface area contributed by atoms with Gasteiger partial charge >= 0.3 is 0 Å². The molecule has 160 valence electrons. The third-order valence-electron chi connectivity index (χ3n) is 5.12. The van der Waals surface area contributed by atoms with Crippen molar-refractivity contribution < 1.29 is 13.9 Å². The predicted molar refractivity (Wildman–Crippen MR) is 123 cm³/mol. The van der Waals surface area contributed by atoms with Crippen molar-refractivity contribution in [3.8, 4) is 22.3 Å². The summed E-state index contributed by atoms with van der Waals surface area (Å²) in [5, 5.41) is 9.27. The Bertz CT molecular complexity index is 1040. The van der Waals surface area contributed by atoms with Gasteiger partial charge in [-0.15, -0.1) is 6.58 Å². The second-order valence-corrected chi connectivity index (χ2v) is 7.62. The van der Waals surface area contributed by atoms with Gasteiger partial charge in [0, 0.05) is 17.3 Å². The minimum Gasteiger partial charge on any atom is -0.393 e. The highest BCUT2D eigenvalue weighted by Crippen LogP contribution is 2.29. The summed E-state index contributed by atoms with van der Waals surface area (Å²) in [7, 11) is 0. The molecular weight excluding hydrogens is 392 g/mol. The largest absolute Gasteiger partial charge is 0.393 e. The topological polar surface area (TPSA) is 33.1 Å². The molecule has 0 aliphatic carbocycles. The van der Waals surface area contributed by atoms with E-state index in [1.165, 1.54) is 0 Å². The first-order valence-corrected chi connectivity index (χ1v) is 10.5. The fraction of sp³-hybridized carbons (Fsp3) is 0.222. The van der Waals surface area contributed by atoms with Gasteiger partial charge in [0.15, 0.2) is 11.6 Å². The summed E-state index contributed by atoms with van der Waals surface area (Å²) in [6.07, 6.45) is 10.1. The lowest BCUT2D eigenvalue weighted by molar-refractivity contribution is 0.182.